The van der Waals surface area contributed by atoms with Crippen LogP contribution in [0.15, 0.2) is 42.5 Å². The minimum absolute atomic E-state index is 0.0191. The third-order valence-corrected chi connectivity index (χ3v) is 3.78. The van der Waals surface area contributed by atoms with Gasteiger partial charge in [0.2, 0.25) is 0 Å². The number of ether oxygens (including phenoxy) is 1. The van der Waals surface area contributed by atoms with Crippen LogP contribution in [0.2, 0.25) is 0 Å². The number of nitrogens with one attached hydrogen (secondary N) is 1. The fourth-order valence-corrected chi connectivity index (χ4v) is 2.46. The van der Waals surface area contributed by atoms with Crippen LogP contribution >= 0.6 is 0 Å². The summed E-state index contributed by atoms with van der Waals surface area (Å²) in [5, 5.41) is 3.22. The quantitative estimate of drug-likeness (QED) is 0.574. The molecular weight excluding hydrogens is 307 g/mol. The van der Waals surface area contributed by atoms with Crippen molar-refractivity contribution in [2.75, 3.05) is 12.3 Å². The maximum absolute atomic E-state index is 12.9. The molecule has 2 aromatic carbocycles. The first-order chi connectivity index (χ1) is 11.5. The Morgan fingerprint density at radius 3 is 2.50 bits per heavy atom. The van der Waals surface area contributed by atoms with E-state index in [0.29, 0.717) is 36.6 Å². The number of ketones is 1. The zero-order chi connectivity index (χ0) is 17.5. The molecule has 2 aromatic rings. The zero-order valence-corrected chi connectivity index (χ0v) is 14.0. The lowest BCUT2D eigenvalue weighted by Gasteiger charge is -2.17. The lowest BCUT2D eigenvalue weighted by molar-refractivity contribution is 0.0939. The van der Waals surface area contributed by atoms with Crippen LogP contribution in [0.25, 0.3) is 0 Å². The van der Waals surface area contributed by atoms with Crippen LogP contribution in [0.1, 0.15) is 36.2 Å². The molecule has 0 spiro atoms. The molecule has 0 saturated carbocycles. The van der Waals surface area contributed by atoms with E-state index in [2.05, 4.69) is 5.32 Å². The maximum atomic E-state index is 12.9. The molecule has 0 aliphatic heterocycles. The highest BCUT2D eigenvalue weighted by molar-refractivity contribution is 6.01. The molecule has 0 aliphatic carbocycles. The highest BCUT2D eigenvalue weighted by atomic mass is 19.1. The lowest BCUT2D eigenvalue weighted by atomic mass is 10.0. The van der Waals surface area contributed by atoms with Gasteiger partial charge in [0.15, 0.2) is 5.78 Å². The van der Waals surface area contributed by atoms with E-state index in [1.807, 2.05) is 13.8 Å². The van der Waals surface area contributed by atoms with E-state index in [1.165, 1.54) is 12.1 Å². The van der Waals surface area contributed by atoms with E-state index in [9.17, 15) is 9.18 Å². The van der Waals surface area contributed by atoms with Gasteiger partial charge in [0, 0.05) is 12.1 Å². The fraction of sp³-hybridized carbons (Fsp3) is 0.316. The first-order valence-corrected chi connectivity index (χ1v) is 8.09. The van der Waals surface area contributed by atoms with Crippen LogP contribution in [0.3, 0.4) is 0 Å². The van der Waals surface area contributed by atoms with E-state index in [4.69, 9.17) is 10.5 Å². The minimum Gasteiger partial charge on any atom is -0.492 e. The van der Waals surface area contributed by atoms with Gasteiger partial charge in [-0.25, -0.2) is 4.39 Å². The van der Waals surface area contributed by atoms with E-state index < -0.39 is 0 Å². The van der Waals surface area contributed by atoms with E-state index in [0.717, 1.165) is 5.56 Å². The van der Waals surface area contributed by atoms with Crippen LogP contribution in [0, 0.1) is 5.82 Å². The molecule has 1 unspecified atom stereocenters. The molecule has 3 N–H and O–H groups in total. The standard InChI is InChI=1S/C19H23FN2O2/c1-3-17(22-12-13-5-8-15(20)9-6-13)19(23)14-7-10-18(24-4-2)16(21)11-14/h5-11,17,22H,3-4,12,21H2,1-2H3. The van der Waals surface area contributed by atoms with Gasteiger partial charge in [-0.05, 0) is 49.2 Å². The van der Waals surface area contributed by atoms with Crippen molar-refractivity contribution in [1.82, 2.24) is 5.32 Å². The first-order valence-electron chi connectivity index (χ1n) is 8.09. The second-order valence-corrected chi connectivity index (χ2v) is 5.52. The average molecular weight is 330 g/mol. The predicted octanol–water partition coefficient (Wildman–Crippen LogP) is 3.56. The van der Waals surface area contributed by atoms with Crippen molar-refractivity contribution < 1.29 is 13.9 Å². The third kappa shape index (κ3) is 4.55. The Labute approximate surface area is 141 Å². The number of benzene rings is 2. The topological polar surface area (TPSA) is 64.3 Å². The zero-order valence-electron chi connectivity index (χ0n) is 14.0. The Kier molecular flexibility index (Phi) is 6.32. The number of nitrogen functional groups attached to an aromatic ring is 1. The Bertz CT molecular complexity index is 686. The molecule has 5 heteroatoms. The number of anilines is 1. The average Bonchev–Trinajstić information content (AvgIpc) is 2.58. The molecule has 0 amide bonds. The maximum Gasteiger partial charge on any atom is 0.179 e. The summed E-state index contributed by atoms with van der Waals surface area (Å²) >= 11 is 0. The number of halogens is 1. The van der Waals surface area contributed by atoms with Gasteiger partial charge >= 0.3 is 0 Å². The number of hydrogen-bond donors (Lipinski definition) is 2. The summed E-state index contributed by atoms with van der Waals surface area (Å²) in [7, 11) is 0. The smallest absolute Gasteiger partial charge is 0.179 e. The molecule has 24 heavy (non-hydrogen) atoms. The second kappa shape index (κ2) is 8.45. The van der Waals surface area contributed by atoms with Gasteiger partial charge in [-0.2, -0.15) is 0 Å². The Morgan fingerprint density at radius 2 is 1.92 bits per heavy atom. The van der Waals surface area contributed by atoms with Gasteiger partial charge in [-0.1, -0.05) is 19.1 Å². The summed E-state index contributed by atoms with van der Waals surface area (Å²) in [4.78, 5) is 12.7. The molecule has 1 atom stereocenters. The highest BCUT2D eigenvalue weighted by Crippen LogP contribution is 2.23. The van der Waals surface area contributed by atoms with Crippen molar-refractivity contribution >= 4 is 11.5 Å². The summed E-state index contributed by atoms with van der Waals surface area (Å²) in [6.07, 6.45) is 0.646. The van der Waals surface area contributed by atoms with Crippen molar-refractivity contribution in [3.63, 3.8) is 0 Å². The van der Waals surface area contributed by atoms with E-state index in [-0.39, 0.29) is 17.6 Å². The van der Waals surface area contributed by atoms with Gasteiger partial charge in [0.25, 0.3) is 0 Å². The predicted molar refractivity (Wildman–Crippen MR) is 93.7 cm³/mol. The lowest BCUT2D eigenvalue weighted by Crippen LogP contribution is -2.35. The number of carbonyl (C=O) groups excluding carboxylic acids is 1. The van der Waals surface area contributed by atoms with Crippen molar-refractivity contribution in [2.45, 2.75) is 32.9 Å². The van der Waals surface area contributed by atoms with E-state index >= 15 is 0 Å². The fourth-order valence-electron chi connectivity index (χ4n) is 2.46. The van der Waals surface area contributed by atoms with Gasteiger partial charge < -0.3 is 15.8 Å². The molecule has 0 fully saturated rings. The molecule has 0 aromatic heterocycles. The number of Topliss-reactive ketones (excluding diaryl/α,β-unsaturated/α-hetero) is 1. The Balaban J connectivity index is 2.05. The molecule has 0 aliphatic rings. The van der Waals surface area contributed by atoms with Crippen LogP contribution in [0.4, 0.5) is 10.1 Å². The molecule has 2 rings (SSSR count). The van der Waals surface area contributed by atoms with Crippen molar-refractivity contribution in [3.8, 4) is 5.75 Å². The van der Waals surface area contributed by atoms with Crippen LogP contribution in [0.5, 0.6) is 5.75 Å². The Morgan fingerprint density at radius 1 is 1.21 bits per heavy atom. The SMILES string of the molecule is CCOc1ccc(C(=O)C(CC)NCc2ccc(F)cc2)cc1N. The highest BCUT2D eigenvalue weighted by Gasteiger charge is 2.18. The minimum atomic E-state index is -0.326. The van der Waals surface area contributed by atoms with Crippen LogP contribution in [-0.4, -0.2) is 18.4 Å². The third-order valence-electron chi connectivity index (χ3n) is 3.78. The van der Waals surface area contributed by atoms with Crippen LogP contribution < -0.4 is 15.8 Å². The molecule has 0 bridgehead atoms. The number of rotatable bonds is 8. The molecule has 4 nitrogen and oxygen atoms in total. The largest absolute Gasteiger partial charge is 0.492 e. The monoisotopic (exact) mass is 330 g/mol. The summed E-state index contributed by atoms with van der Waals surface area (Å²) in [5.74, 6) is 0.294. The van der Waals surface area contributed by atoms with Crippen molar-refractivity contribution in [1.29, 1.82) is 0 Å². The molecule has 0 heterocycles. The summed E-state index contributed by atoms with van der Waals surface area (Å²) in [6.45, 7) is 4.84. The summed E-state index contributed by atoms with van der Waals surface area (Å²) < 4.78 is 18.3. The van der Waals surface area contributed by atoms with Gasteiger partial charge in [0.05, 0.1) is 18.3 Å². The number of nitrogens with two attached hydrogens (primary N) is 1. The van der Waals surface area contributed by atoms with Crippen LogP contribution in [-0.2, 0) is 6.54 Å². The van der Waals surface area contributed by atoms with Gasteiger partial charge in [-0.3, -0.25) is 4.79 Å². The summed E-state index contributed by atoms with van der Waals surface area (Å²) in [6, 6.07) is 11.0. The van der Waals surface area contributed by atoms with E-state index in [1.54, 1.807) is 30.3 Å². The molecular formula is C19H23FN2O2. The molecule has 0 saturated heterocycles. The normalized spacial score (nSPS) is 12.0. The Hall–Kier alpha value is -2.40. The second-order valence-electron chi connectivity index (χ2n) is 5.52. The van der Waals surface area contributed by atoms with Gasteiger partial charge in [0.1, 0.15) is 11.6 Å². The van der Waals surface area contributed by atoms with Crippen molar-refractivity contribution in [3.05, 3.63) is 59.4 Å². The first kappa shape index (κ1) is 17.9. The molecule has 0 radical (unpaired) electrons. The number of hydrogen-bond acceptors (Lipinski definition) is 4. The number of carbonyl (C=O) groups is 1. The molecule has 128 valence electrons. The summed E-state index contributed by atoms with van der Waals surface area (Å²) in [5.41, 5.74) is 7.86. The van der Waals surface area contributed by atoms with Gasteiger partial charge in [-0.15, -0.1) is 0 Å². The van der Waals surface area contributed by atoms with Crippen molar-refractivity contribution in [2.24, 2.45) is 0 Å².